The average molecular weight is 404 g/mol. The van der Waals surface area contributed by atoms with Crippen LogP contribution >= 0.6 is 0 Å². The van der Waals surface area contributed by atoms with Crippen LogP contribution in [0.1, 0.15) is 12.8 Å². The highest BCUT2D eigenvalue weighted by Crippen LogP contribution is 2.34. The van der Waals surface area contributed by atoms with Gasteiger partial charge in [-0.3, -0.25) is 0 Å². The summed E-state index contributed by atoms with van der Waals surface area (Å²) in [5.74, 6) is 1.41. The van der Waals surface area contributed by atoms with E-state index in [2.05, 4.69) is 10.00 Å². The number of hydrogen-bond donors (Lipinski definition) is 1. The lowest BCUT2D eigenvalue weighted by Crippen LogP contribution is -2.20. The van der Waals surface area contributed by atoms with Gasteiger partial charge in [-0.05, 0) is 49.2 Å². The van der Waals surface area contributed by atoms with Gasteiger partial charge in [0.25, 0.3) is 0 Å². The molecule has 4 aromatic rings. The highest BCUT2D eigenvalue weighted by Gasteiger charge is 2.23. The Bertz CT molecular complexity index is 1210. The van der Waals surface area contributed by atoms with Gasteiger partial charge in [0, 0.05) is 18.7 Å². The van der Waals surface area contributed by atoms with Crippen molar-refractivity contribution < 1.29 is 9.13 Å². The van der Waals surface area contributed by atoms with Crippen LogP contribution in [0.25, 0.3) is 28.0 Å². The zero-order valence-electron chi connectivity index (χ0n) is 16.5. The van der Waals surface area contributed by atoms with Gasteiger partial charge >= 0.3 is 0 Å². The minimum Gasteiger partial charge on any atom is -0.497 e. The first kappa shape index (κ1) is 18.4. The molecule has 5 rings (SSSR count). The van der Waals surface area contributed by atoms with Crippen molar-refractivity contribution in [1.29, 1.82) is 0 Å². The van der Waals surface area contributed by atoms with Gasteiger partial charge in [-0.1, -0.05) is 12.1 Å². The summed E-state index contributed by atoms with van der Waals surface area (Å²) in [5.41, 5.74) is 8.99. The van der Waals surface area contributed by atoms with Crippen molar-refractivity contribution in [3.63, 3.8) is 0 Å². The van der Waals surface area contributed by atoms with Crippen molar-refractivity contribution in [3.05, 3.63) is 54.3 Å². The highest BCUT2D eigenvalue weighted by atomic mass is 19.1. The number of halogens is 1. The molecule has 0 aliphatic carbocycles. The van der Waals surface area contributed by atoms with Gasteiger partial charge in [0.05, 0.1) is 23.9 Å². The Morgan fingerprint density at radius 1 is 1.03 bits per heavy atom. The normalized spacial score (nSPS) is 13.9. The van der Waals surface area contributed by atoms with Crippen molar-refractivity contribution in [2.45, 2.75) is 12.8 Å². The fourth-order valence-electron chi connectivity index (χ4n) is 3.82. The van der Waals surface area contributed by atoms with E-state index < -0.39 is 0 Å². The number of anilines is 2. The molecule has 3 heterocycles. The molecular formula is C22H21FN6O. The molecule has 7 nitrogen and oxygen atoms in total. The Balaban J connectivity index is 1.73. The number of rotatable bonds is 4. The van der Waals surface area contributed by atoms with Crippen LogP contribution in [0.15, 0.2) is 48.5 Å². The van der Waals surface area contributed by atoms with Crippen LogP contribution in [0.5, 0.6) is 5.75 Å². The van der Waals surface area contributed by atoms with Gasteiger partial charge in [-0.25, -0.2) is 14.1 Å². The summed E-state index contributed by atoms with van der Waals surface area (Å²) in [6.45, 7) is 1.78. The number of methoxy groups -OCH3 is 1. The number of hydrogen-bond acceptors (Lipinski definition) is 6. The van der Waals surface area contributed by atoms with E-state index in [0.29, 0.717) is 34.1 Å². The van der Waals surface area contributed by atoms with E-state index in [1.807, 2.05) is 30.3 Å². The van der Waals surface area contributed by atoms with E-state index >= 15 is 0 Å². The third-order valence-electron chi connectivity index (χ3n) is 5.36. The lowest BCUT2D eigenvalue weighted by Gasteiger charge is -2.16. The summed E-state index contributed by atoms with van der Waals surface area (Å²) in [4.78, 5) is 11.6. The minimum absolute atomic E-state index is 0.330. The van der Waals surface area contributed by atoms with Gasteiger partial charge in [0.2, 0.25) is 5.95 Å². The average Bonchev–Trinajstić information content (AvgIpc) is 3.42. The van der Waals surface area contributed by atoms with E-state index in [1.165, 1.54) is 12.1 Å². The molecule has 0 saturated carbocycles. The first-order chi connectivity index (χ1) is 14.6. The standard InChI is InChI=1S/C22H21FN6O/c1-30-17-9-7-16(8-10-17)29-20(24)18-19(14-5-4-6-15(23)13-14)25-22(26-21(18)27-29)28-11-2-3-12-28/h4-10,13H,2-3,11-12,24H2,1H3. The summed E-state index contributed by atoms with van der Waals surface area (Å²) >= 11 is 0. The van der Waals surface area contributed by atoms with Gasteiger partial charge in [0.1, 0.15) is 17.4 Å². The van der Waals surface area contributed by atoms with E-state index in [4.69, 9.17) is 20.4 Å². The second-order valence-electron chi connectivity index (χ2n) is 7.27. The van der Waals surface area contributed by atoms with Crippen LogP contribution in [0.3, 0.4) is 0 Å². The Labute approximate surface area is 172 Å². The lowest BCUT2D eigenvalue weighted by atomic mass is 10.1. The Morgan fingerprint density at radius 2 is 1.80 bits per heavy atom. The molecule has 2 aromatic heterocycles. The number of ether oxygens (including phenoxy) is 1. The number of aromatic nitrogens is 4. The van der Waals surface area contributed by atoms with Gasteiger partial charge in [0.15, 0.2) is 5.65 Å². The molecule has 0 amide bonds. The minimum atomic E-state index is -0.330. The van der Waals surface area contributed by atoms with Crippen molar-refractivity contribution in [2.24, 2.45) is 0 Å². The van der Waals surface area contributed by atoms with Crippen molar-refractivity contribution >= 4 is 22.8 Å². The molecule has 0 radical (unpaired) electrons. The zero-order valence-corrected chi connectivity index (χ0v) is 16.5. The number of nitrogen functional groups attached to an aromatic ring is 1. The molecule has 1 aliphatic rings. The molecule has 1 saturated heterocycles. The second-order valence-corrected chi connectivity index (χ2v) is 7.27. The highest BCUT2D eigenvalue weighted by molar-refractivity contribution is 5.99. The Morgan fingerprint density at radius 3 is 2.50 bits per heavy atom. The quantitative estimate of drug-likeness (QED) is 0.557. The predicted octanol–water partition coefficient (Wildman–Crippen LogP) is 3.81. The SMILES string of the molecule is COc1ccc(-n2nc3nc(N4CCCC4)nc(-c4cccc(F)c4)c3c2N)cc1. The van der Waals surface area contributed by atoms with Gasteiger partial charge in [-0.2, -0.15) is 4.98 Å². The zero-order chi connectivity index (χ0) is 20.7. The lowest BCUT2D eigenvalue weighted by molar-refractivity contribution is 0.414. The van der Waals surface area contributed by atoms with Gasteiger partial charge in [-0.15, -0.1) is 5.10 Å². The van der Waals surface area contributed by atoms with Crippen LogP contribution in [0.2, 0.25) is 0 Å². The molecule has 152 valence electrons. The van der Waals surface area contributed by atoms with E-state index in [-0.39, 0.29) is 5.82 Å². The number of nitrogens with zero attached hydrogens (tertiary/aromatic N) is 5. The maximum atomic E-state index is 14.0. The van der Waals surface area contributed by atoms with Crippen LogP contribution in [0.4, 0.5) is 16.2 Å². The van der Waals surface area contributed by atoms with Crippen LogP contribution in [0, 0.1) is 5.82 Å². The summed E-state index contributed by atoms with van der Waals surface area (Å²) in [5, 5.41) is 5.27. The molecule has 1 aliphatic heterocycles. The first-order valence-electron chi connectivity index (χ1n) is 9.85. The molecule has 0 unspecified atom stereocenters. The molecule has 0 bridgehead atoms. The van der Waals surface area contributed by atoms with Gasteiger partial charge < -0.3 is 15.4 Å². The fourth-order valence-corrected chi connectivity index (χ4v) is 3.82. The Kier molecular flexibility index (Phi) is 4.46. The molecule has 30 heavy (non-hydrogen) atoms. The largest absolute Gasteiger partial charge is 0.497 e. The summed E-state index contributed by atoms with van der Waals surface area (Å²) in [6, 6.07) is 13.8. The fraction of sp³-hybridized carbons (Fsp3) is 0.227. The molecular weight excluding hydrogens is 383 g/mol. The summed E-state index contributed by atoms with van der Waals surface area (Å²) in [7, 11) is 1.62. The third kappa shape index (κ3) is 3.10. The van der Waals surface area contributed by atoms with Crippen molar-refractivity contribution in [2.75, 3.05) is 30.8 Å². The van der Waals surface area contributed by atoms with Crippen molar-refractivity contribution in [3.8, 4) is 22.7 Å². The maximum absolute atomic E-state index is 14.0. The molecule has 0 atom stereocenters. The molecule has 2 aromatic carbocycles. The smallest absolute Gasteiger partial charge is 0.228 e. The summed E-state index contributed by atoms with van der Waals surface area (Å²) in [6.07, 6.45) is 2.19. The summed E-state index contributed by atoms with van der Waals surface area (Å²) < 4.78 is 20.8. The number of fused-ring (bicyclic) bond motifs is 1. The second kappa shape index (κ2) is 7.29. The maximum Gasteiger partial charge on any atom is 0.228 e. The van der Waals surface area contributed by atoms with E-state index in [0.717, 1.165) is 37.4 Å². The molecule has 1 fully saturated rings. The van der Waals surface area contributed by atoms with E-state index in [1.54, 1.807) is 17.9 Å². The molecule has 0 spiro atoms. The third-order valence-corrected chi connectivity index (χ3v) is 5.36. The molecule has 8 heteroatoms. The Hall–Kier alpha value is -3.68. The first-order valence-corrected chi connectivity index (χ1v) is 9.85. The van der Waals surface area contributed by atoms with Crippen LogP contribution in [-0.4, -0.2) is 39.9 Å². The van der Waals surface area contributed by atoms with Crippen LogP contribution in [-0.2, 0) is 0 Å². The number of nitrogens with two attached hydrogens (primary N) is 1. The predicted molar refractivity (Wildman–Crippen MR) is 114 cm³/mol. The van der Waals surface area contributed by atoms with Crippen molar-refractivity contribution in [1.82, 2.24) is 19.7 Å². The van der Waals surface area contributed by atoms with Crippen LogP contribution < -0.4 is 15.4 Å². The number of benzene rings is 2. The molecule has 2 N–H and O–H groups in total. The monoisotopic (exact) mass is 404 g/mol. The van der Waals surface area contributed by atoms with E-state index in [9.17, 15) is 4.39 Å². The topological polar surface area (TPSA) is 82.1 Å².